The summed E-state index contributed by atoms with van der Waals surface area (Å²) < 4.78 is 0. The molecule has 0 unspecified atom stereocenters. The van der Waals surface area contributed by atoms with E-state index in [4.69, 9.17) is 0 Å². The van der Waals surface area contributed by atoms with Gasteiger partial charge in [0, 0.05) is 6.42 Å². The lowest BCUT2D eigenvalue weighted by Crippen LogP contribution is -2.19. The average molecular weight is 213 g/mol. The van der Waals surface area contributed by atoms with Gasteiger partial charge in [-0.25, -0.2) is 0 Å². The van der Waals surface area contributed by atoms with Crippen molar-refractivity contribution in [3.05, 3.63) is 46.9 Å². The van der Waals surface area contributed by atoms with Crippen LogP contribution in [0.25, 0.3) is 5.57 Å². The van der Waals surface area contributed by atoms with Gasteiger partial charge < -0.3 is 0 Å². The van der Waals surface area contributed by atoms with Crippen LogP contribution in [0, 0.1) is 20.3 Å². The lowest BCUT2D eigenvalue weighted by atomic mass is 9.76. The summed E-state index contributed by atoms with van der Waals surface area (Å²) >= 11 is 0. The molecule has 0 fully saturated rings. The molecule has 1 aliphatic rings. The minimum absolute atomic E-state index is 0.268. The molecule has 0 amide bonds. The van der Waals surface area contributed by atoms with Crippen molar-refractivity contribution in [3.63, 3.8) is 0 Å². The van der Waals surface area contributed by atoms with Crippen LogP contribution < -0.4 is 0 Å². The third-order valence-corrected chi connectivity index (χ3v) is 3.68. The van der Waals surface area contributed by atoms with Crippen LogP contribution in [0.15, 0.2) is 18.2 Å². The molecule has 0 spiro atoms. The zero-order valence-electron chi connectivity index (χ0n) is 11.0. The van der Waals surface area contributed by atoms with Gasteiger partial charge in [-0.05, 0) is 47.9 Å². The Balaban J connectivity index is 2.62. The van der Waals surface area contributed by atoms with Crippen LogP contribution in [-0.4, -0.2) is 0 Å². The Morgan fingerprint density at radius 2 is 1.75 bits per heavy atom. The minimum atomic E-state index is 0.268. The Hall–Kier alpha value is -1.04. The molecule has 0 saturated carbocycles. The maximum absolute atomic E-state index is 2.34. The van der Waals surface area contributed by atoms with Crippen LogP contribution >= 0.6 is 0 Å². The number of aryl methyl sites for hydroxylation is 2. The Bertz CT molecular complexity index is 447. The molecule has 0 heteroatoms. The summed E-state index contributed by atoms with van der Waals surface area (Å²) in [7, 11) is 0. The molecule has 0 saturated heterocycles. The fourth-order valence-electron chi connectivity index (χ4n) is 2.49. The molecule has 1 aromatic rings. The van der Waals surface area contributed by atoms with Gasteiger partial charge in [0.25, 0.3) is 0 Å². The summed E-state index contributed by atoms with van der Waals surface area (Å²) in [6, 6.07) is 4.63. The summed E-state index contributed by atoms with van der Waals surface area (Å²) in [5.74, 6) is 0. The molecule has 2 rings (SSSR count). The molecular weight excluding hydrogens is 192 g/mol. The van der Waals surface area contributed by atoms with Gasteiger partial charge in [-0.1, -0.05) is 44.5 Å². The molecule has 0 aromatic heterocycles. The van der Waals surface area contributed by atoms with Gasteiger partial charge in [0.1, 0.15) is 0 Å². The molecular formula is C16H21. The molecule has 0 atom stereocenters. The van der Waals surface area contributed by atoms with Gasteiger partial charge in [0.2, 0.25) is 0 Å². The van der Waals surface area contributed by atoms with E-state index >= 15 is 0 Å². The van der Waals surface area contributed by atoms with E-state index in [9.17, 15) is 0 Å². The van der Waals surface area contributed by atoms with Crippen LogP contribution in [0.4, 0.5) is 0 Å². The van der Waals surface area contributed by atoms with E-state index in [2.05, 4.69) is 59.2 Å². The highest BCUT2D eigenvalue weighted by atomic mass is 14.3. The summed E-state index contributed by atoms with van der Waals surface area (Å²) in [4.78, 5) is 0. The number of benzene rings is 1. The van der Waals surface area contributed by atoms with Gasteiger partial charge >= 0.3 is 0 Å². The van der Waals surface area contributed by atoms with Crippen molar-refractivity contribution in [1.82, 2.24) is 0 Å². The number of rotatable bonds is 3. The normalized spacial score (nSPS) is 14.9. The quantitative estimate of drug-likeness (QED) is 0.688. The van der Waals surface area contributed by atoms with E-state index in [0.29, 0.717) is 0 Å². The fraction of sp³-hybridized carbons (Fsp3) is 0.438. The van der Waals surface area contributed by atoms with Crippen molar-refractivity contribution < 1.29 is 0 Å². The van der Waals surface area contributed by atoms with Crippen LogP contribution in [0.3, 0.4) is 0 Å². The predicted molar refractivity (Wildman–Crippen MR) is 71.5 cm³/mol. The van der Waals surface area contributed by atoms with Crippen molar-refractivity contribution >= 4 is 5.57 Å². The molecule has 0 heterocycles. The molecule has 16 heavy (non-hydrogen) atoms. The fourth-order valence-corrected chi connectivity index (χ4v) is 2.49. The largest absolute Gasteiger partial charge is 0.0716 e. The van der Waals surface area contributed by atoms with Crippen LogP contribution in [-0.2, 0) is 5.41 Å². The SMILES string of the molecule is CCC(C)(C)c1c(C)cc(C)cc1C1=C[CH]1. The first kappa shape index (κ1) is 11.4. The van der Waals surface area contributed by atoms with Crippen molar-refractivity contribution in [2.75, 3.05) is 0 Å². The number of hydrogen-bond acceptors (Lipinski definition) is 0. The van der Waals surface area contributed by atoms with Crippen LogP contribution in [0.5, 0.6) is 0 Å². The lowest BCUT2D eigenvalue weighted by molar-refractivity contribution is 0.502. The monoisotopic (exact) mass is 213 g/mol. The van der Waals surface area contributed by atoms with E-state index in [0.717, 1.165) is 0 Å². The molecule has 1 radical (unpaired) electrons. The minimum Gasteiger partial charge on any atom is -0.0716 e. The first-order chi connectivity index (χ1) is 7.45. The Labute approximate surface area is 99.4 Å². The zero-order chi connectivity index (χ0) is 11.9. The Morgan fingerprint density at radius 3 is 2.25 bits per heavy atom. The maximum Gasteiger partial charge on any atom is 0.0131 e. The van der Waals surface area contributed by atoms with Gasteiger partial charge in [-0.2, -0.15) is 0 Å². The van der Waals surface area contributed by atoms with E-state index in [-0.39, 0.29) is 5.41 Å². The van der Waals surface area contributed by atoms with Gasteiger partial charge in [0.05, 0.1) is 0 Å². The Morgan fingerprint density at radius 1 is 1.12 bits per heavy atom. The van der Waals surface area contributed by atoms with E-state index in [1.807, 2.05) is 0 Å². The third-order valence-electron chi connectivity index (χ3n) is 3.68. The van der Waals surface area contributed by atoms with Gasteiger partial charge in [0.15, 0.2) is 0 Å². The highest BCUT2D eigenvalue weighted by Gasteiger charge is 2.27. The smallest absolute Gasteiger partial charge is 0.0131 e. The highest BCUT2D eigenvalue weighted by molar-refractivity contribution is 5.89. The Kier molecular flexibility index (Phi) is 2.69. The van der Waals surface area contributed by atoms with Crippen molar-refractivity contribution in [1.29, 1.82) is 0 Å². The molecule has 0 N–H and O–H groups in total. The molecule has 0 aliphatic heterocycles. The molecule has 85 valence electrons. The first-order valence-corrected chi connectivity index (χ1v) is 6.13. The maximum atomic E-state index is 2.34. The first-order valence-electron chi connectivity index (χ1n) is 6.13. The molecule has 1 aromatic carbocycles. The second kappa shape index (κ2) is 3.76. The summed E-state index contributed by atoms with van der Waals surface area (Å²) in [5.41, 5.74) is 7.46. The second-order valence-corrected chi connectivity index (χ2v) is 5.53. The summed E-state index contributed by atoms with van der Waals surface area (Å²) in [5, 5.41) is 0. The number of hydrogen-bond donors (Lipinski definition) is 0. The zero-order valence-corrected chi connectivity index (χ0v) is 11.0. The van der Waals surface area contributed by atoms with E-state index in [1.54, 1.807) is 0 Å². The highest BCUT2D eigenvalue weighted by Crippen LogP contribution is 2.40. The van der Waals surface area contributed by atoms with Crippen molar-refractivity contribution in [2.45, 2.75) is 46.5 Å². The topological polar surface area (TPSA) is 0 Å². The molecule has 1 aliphatic carbocycles. The molecule has 0 nitrogen and oxygen atoms in total. The van der Waals surface area contributed by atoms with Crippen molar-refractivity contribution in [3.8, 4) is 0 Å². The lowest BCUT2D eigenvalue weighted by Gasteiger charge is -2.28. The third kappa shape index (κ3) is 1.93. The average Bonchev–Trinajstić information content (AvgIpc) is 2.98. The summed E-state index contributed by atoms with van der Waals surface area (Å²) in [6.07, 6.45) is 5.60. The van der Waals surface area contributed by atoms with Crippen molar-refractivity contribution in [2.24, 2.45) is 0 Å². The van der Waals surface area contributed by atoms with E-state index in [1.165, 1.54) is 34.2 Å². The predicted octanol–water partition coefficient (Wildman–Crippen LogP) is 4.59. The van der Waals surface area contributed by atoms with Gasteiger partial charge in [-0.15, -0.1) is 0 Å². The van der Waals surface area contributed by atoms with Crippen LogP contribution in [0.2, 0.25) is 0 Å². The standard InChI is InChI=1S/C16H21/c1-6-16(4,5)15-12(3)9-11(2)10-14(15)13-7-8-13/h7-10H,6H2,1-5H3. The summed E-state index contributed by atoms with van der Waals surface area (Å²) in [6.45, 7) is 11.4. The molecule has 0 bridgehead atoms. The van der Waals surface area contributed by atoms with E-state index < -0.39 is 0 Å². The van der Waals surface area contributed by atoms with Crippen LogP contribution in [0.1, 0.15) is 49.4 Å². The second-order valence-electron chi connectivity index (χ2n) is 5.53. The van der Waals surface area contributed by atoms with Gasteiger partial charge in [-0.3, -0.25) is 0 Å². The number of allylic oxidation sites excluding steroid dienone is 2.